The minimum atomic E-state index is -0.369. The van der Waals surface area contributed by atoms with Gasteiger partial charge in [-0.05, 0) is 66.6 Å². The average Bonchev–Trinajstić information content (AvgIpc) is 2.83. The van der Waals surface area contributed by atoms with E-state index >= 15 is 0 Å². The number of nitrogens with zero attached hydrogens (tertiary/aromatic N) is 3. The van der Waals surface area contributed by atoms with E-state index in [0.29, 0.717) is 34.6 Å². The summed E-state index contributed by atoms with van der Waals surface area (Å²) < 4.78 is 11.8. The van der Waals surface area contributed by atoms with Crippen LogP contribution in [0.25, 0.3) is 10.9 Å². The van der Waals surface area contributed by atoms with Gasteiger partial charge in [-0.25, -0.2) is 9.78 Å². The second kappa shape index (κ2) is 9.26. The summed E-state index contributed by atoms with van der Waals surface area (Å²) in [7, 11) is 1.35. The number of esters is 1. The van der Waals surface area contributed by atoms with Gasteiger partial charge in [0.15, 0.2) is 0 Å². The van der Waals surface area contributed by atoms with Crippen LogP contribution in [0.15, 0.2) is 82.7 Å². The number of carbonyl (C=O) groups is 1. The van der Waals surface area contributed by atoms with E-state index in [4.69, 9.17) is 9.47 Å². The molecular weight excluding hydrogens is 406 g/mol. The molecule has 0 atom stereocenters. The Morgan fingerprint density at radius 2 is 1.75 bits per heavy atom. The topological polar surface area (TPSA) is 82.8 Å². The molecule has 0 spiro atoms. The molecule has 0 unspecified atom stereocenters. The van der Waals surface area contributed by atoms with Crippen LogP contribution in [0.2, 0.25) is 0 Å². The molecule has 0 saturated heterocycles. The average molecular weight is 427 g/mol. The van der Waals surface area contributed by atoms with Gasteiger partial charge in [0, 0.05) is 0 Å². The highest BCUT2D eigenvalue weighted by molar-refractivity contribution is 5.89. The number of methoxy groups -OCH3 is 1. The molecule has 0 aliphatic rings. The monoisotopic (exact) mass is 427 g/mol. The molecule has 32 heavy (non-hydrogen) atoms. The summed E-state index contributed by atoms with van der Waals surface area (Å²) in [6.45, 7) is 2.12. The van der Waals surface area contributed by atoms with Gasteiger partial charge >= 0.3 is 5.97 Å². The number of aryl methyl sites for hydroxylation is 1. The fourth-order valence-corrected chi connectivity index (χ4v) is 3.17. The number of ether oxygens (including phenoxy) is 2. The Bertz CT molecular complexity index is 1340. The van der Waals surface area contributed by atoms with Crippen LogP contribution >= 0.6 is 0 Å². The minimum absolute atomic E-state index is 0.206. The van der Waals surface area contributed by atoms with Crippen molar-refractivity contribution >= 4 is 23.1 Å². The van der Waals surface area contributed by atoms with Crippen LogP contribution in [0, 0.1) is 6.92 Å². The van der Waals surface area contributed by atoms with Gasteiger partial charge in [-0.3, -0.25) is 4.79 Å². The van der Waals surface area contributed by atoms with Gasteiger partial charge in [-0.2, -0.15) is 9.78 Å². The number of aromatic nitrogens is 2. The van der Waals surface area contributed by atoms with Gasteiger partial charge < -0.3 is 9.47 Å². The largest absolute Gasteiger partial charge is 0.489 e. The van der Waals surface area contributed by atoms with Crippen molar-refractivity contribution < 1.29 is 14.3 Å². The summed E-state index contributed by atoms with van der Waals surface area (Å²) in [4.78, 5) is 28.6. The number of carbonyl (C=O) groups excluding carboxylic acids is 1. The lowest BCUT2D eigenvalue weighted by atomic mass is 10.1. The summed E-state index contributed by atoms with van der Waals surface area (Å²) in [5.41, 5.74) is 2.70. The molecule has 0 radical (unpaired) electrons. The number of rotatable bonds is 6. The third kappa shape index (κ3) is 4.57. The van der Waals surface area contributed by atoms with Gasteiger partial charge in [-0.15, -0.1) is 0 Å². The first-order valence-corrected chi connectivity index (χ1v) is 9.98. The van der Waals surface area contributed by atoms with Crippen LogP contribution in [0.3, 0.4) is 0 Å². The number of hydrogen-bond donors (Lipinski definition) is 0. The molecular formula is C25H21N3O4. The maximum Gasteiger partial charge on any atom is 0.337 e. The van der Waals surface area contributed by atoms with Crippen molar-refractivity contribution in [2.75, 3.05) is 7.11 Å². The molecule has 4 aromatic rings. The van der Waals surface area contributed by atoms with E-state index in [1.54, 1.807) is 37.4 Å². The summed E-state index contributed by atoms with van der Waals surface area (Å²) in [6.07, 6.45) is 1.61. The molecule has 0 aliphatic carbocycles. The van der Waals surface area contributed by atoms with Crippen molar-refractivity contribution in [1.29, 1.82) is 0 Å². The van der Waals surface area contributed by atoms with E-state index < -0.39 is 0 Å². The SMILES string of the molecule is COC(=O)c1ccc(COc2ccc(C=Nn3c(C)nc4ccccc4c3=O)cc2)cc1. The molecule has 160 valence electrons. The Labute approximate surface area is 184 Å². The standard InChI is InChI=1S/C25H21N3O4/c1-17-27-23-6-4-3-5-22(23)24(29)28(17)26-15-18-9-13-21(14-10-18)32-16-19-7-11-20(12-8-19)25(30)31-2/h3-15H,16H2,1-2H3. The van der Waals surface area contributed by atoms with E-state index in [-0.39, 0.29) is 11.5 Å². The maximum atomic E-state index is 12.7. The molecule has 1 aromatic heterocycles. The van der Waals surface area contributed by atoms with Crippen molar-refractivity contribution in [2.24, 2.45) is 5.10 Å². The Balaban J connectivity index is 1.43. The van der Waals surface area contributed by atoms with E-state index in [9.17, 15) is 9.59 Å². The Kier molecular flexibility index (Phi) is 6.07. The zero-order valence-electron chi connectivity index (χ0n) is 17.7. The summed E-state index contributed by atoms with van der Waals surface area (Å²) >= 11 is 0. The van der Waals surface area contributed by atoms with Crippen molar-refractivity contribution in [3.05, 3.63) is 106 Å². The Morgan fingerprint density at radius 3 is 2.47 bits per heavy atom. The van der Waals surface area contributed by atoms with Crippen LogP contribution < -0.4 is 10.3 Å². The van der Waals surface area contributed by atoms with Crippen LogP contribution in [0.1, 0.15) is 27.3 Å². The molecule has 0 fully saturated rings. The van der Waals surface area contributed by atoms with Crippen molar-refractivity contribution in [1.82, 2.24) is 9.66 Å². The molecule has 0 bridgehead atoms. The lowest BCUT2D eigenvalue weighted by Gasteiger charge is -2.07. The van der Waals surface area contributed by atoms with Gasteiger partial charge in [0.1, 0.15) is 18.2 Å². The Hall–Kier alpha value is -4.26. The van der Waals surface area contributed by atoms with E-state index in [1.165, 1.54) is 11.8 Å². The normalized spacial score (nSPS) is 11.1. The number of benzene rings is 3. The molecule has 0 saturated carbocycles. The smallest absolute Gasteiger partial charge is 0.337 e. The van der Waals surface area contributed by atoms with E-state index in [1.807, 2.05) is 48.5 Å². The first kappa shape index (κ1) is 21.0. The summed E-state index contributed by atoms with van der Waals surface area (Å²) in [6, 6.07) is 21.6. The molecule has 0 N–H and O–H groups in total. The van der Waals surface area contributed by atoms with Crippen LogP contribution in [0.5, 0.6) is 5.75 Å². The van der Waals surface area contributed by atoms with Gasteiger partial charge in [0.2, 0.25) is 0 Å². The first-order chi connectivity index (χ1) is 15.5. The van der Waals surface area contributed by atoms with Crippen LogP contribution in [0.4, 0.5) is 0 Å². The predicted molar refractivity (Wildman–Crippen MR) is 122 cm³/mol. The van der Waals surface area contributed by atoms with E-state index in [0.717, 1.165) is 11.1 Å². The molecule has 0 amide bonds. The second-order valence-electron chi connectivity index (χ2n) is 7.08. The predicted octanol–water partition coefficient (Wildman–Crippen LogP) is 3.95. The van der Waals surface area contributed by atoms with Crippen molar-refractivity contribution in [2.45, 2.75) is 13.5 Å². The van der Waals surface area contributed by atoms with Gasteiger partial charge in [0.25, 0.3) is 5.56 Å². The van der Waals surface area contributed by atoms with Crippen LogP contribution in [-0.2, 0) is 11.3 Å². The second-order valence-corrected chi connectivity index (χ2v) is 7.08. The number of fused-ring (bicyclic) bond motifs is 1. The van der Waals surface area contributed by atoms with Crippen molar-refractivity contribution in [3.63, 3.8) is 0 Å². The highest BCUT2D eigenvalue weighted by Gasteiger charge is 2.07. The van der Waals surface area contributed by atoms with Gasteiger partial charge in [-0.1, -0.05) is 24.3 Å². The van der Waals surface area contributed by atoms with Gasteiger partial charge in [0.05, 0.1) is 29.8 Å². The summed E-state index contributed by atoms with van der Waals surface area (Å²) in [5, 5.41) is 4.84. The highest BCUT2D eigenvalue weighted by atomic mass is 16.5. The van der Waals surface area contributed by atoms with Crippen molar-refractivity contribution in [3.8, 4) is 5.75 Å². The Morgan fingerprint density at radius 1 is 1.03 bits per heavy atom. The zero-order valence-corrected chi connectivity index (χ0v) is 17.7. The molecule has 1 heterocycles. The quantitative estimate of drug-likeness (QED) is 0.344. The lowest BCUT2D eigenvalue weighted by molar-refractivity contribution is 0.0600. The molecule has 0 aliphatic heterocycles. The molecule has 4 rings (SSSR count). The molecule has 7 heteroatoms. The maximum absolute atomic E-state index is 12.7. The van der Waals surface area contributed by atoms with Crippen LogP contribution in [-0.4, -0.2) is 29.0 Å². The first-order valence-electron chi connectivity index (χ1n) is 9.98. The fourth-order valence-electron chi connectivity index (χ4n) is 3.17. The third-order valence-electron chi connectivity index (χ3n) is 4.90. The lowest BCUT2D eigenvalue weighted by Crippen LogP contribution is -2.20. The number of para-hydroxylation sites is 1. The zero-order chi connectivity index (χ0) is 22.5. The van der Waals surface area contributed by atoms with E-state index in [2.05, 4.69) is 10.1 Å². The minimum Gasteiger partial charge on any atom is -0.489 e. The molecule has 3 aromatic carbocycles. The molecule has 7 nitrogen and oxygen atoms in total. The fraction of sp³-hybridized carbons (Fsp3) is 0.120. The summed E-state index contributed by atoms with van der Waals surface area (Å²) in [5.74, 6) is 0.842. The third-order valence-corrected chi connectivity index (χ3v) is 4.90. The number of hydrogen-bond acceptors (Lipinski definition) is 6. The highest BCUT2D eigenvalue weighted by Crippen LogP contribution is 2.15.